The first-order valence-electron chi connectivity index (χ1n) is 4.31. The molecule has 1 amide bonds. The Hall–Kier alpha value is -1.52. The van der Waals surface area contributed by atoms with Crippen LogP contribution in [0.3, 0.4) is 0 Å². The number of rotatable bonds is 3. The van der Waals surface area contributed by atoms with Crippen LogP contribution in [0, 0.1) is 0 Å². The predicted octanol–water partition coefficient (Wildman–Crippen LogP) is 2.21. The summed E-state index contributed by atoms with van der Waals surface area (Å²) in [7, 11) is 0. The molecule has 82 valence electrons. The number of carbonyl (C=O) groups excluding carboxylic acids is 1. The fourth-order valence-corrected chi connectivity index (χ4v) is 1.30. The normalized spacial score (nSPS) is 13.5. The zero-order chi connectivity index (χ0) is 11.5. The molecule has 0 aliphatic carbocycles. The number of hydrogen-bond donors (Lipinski definition) is 1. The van der Waals surface area contributed by atoms with Crippen molar-refractivity contribution in [3.05, 3.63) is 35.9 Å². The van der Waals surface area contributed by atoms with E-state index >= 15 is 0 Å². The van der Waals surface area contributed by atoms with Crippen molar-refractivity contribution in [2.45, 2.75) is 18.5 Å². The van der Waals surface area contributed by atoms with E-state index < -0.39 is 24.4 Å². The molecule has 0 saturated heterocycles. The van der Waals surface area contributed by atoms with Crippen LogP contribution >= 0.6 is 0 Å². The number of alkyl halides is 3. The summed E-state index contributed by atoms with van der Waals surface area (Å²) in [6, 6.07) is 7.72. The van der Waals surface area contributed by atoms with E-state index in [1.807, 2.05) is 0 Å². The molecule has 2 N–H and O–H groups in total. The summed E-state index contributed by atoms with van der Waals surface area (Å²) in [5.74, 6) is -2.26. The molecule has 0 aromatic heterocycles. The molecule has 0 radical (unpaired) electrons. The molecule has 1 atom stereocenters. The van der Waals surface area contributed by atoms with Gasteiger partial charge in [0.05, 0.1) is 12.3 Å². The Balaban J connectivity index is 2.90. The molecule has 1 rings (SSSR count). The molecule has 0 aliphatic heterocycles. The topological polar surface area (TPSA) is 43.1 Å². The quantitative estimate of drug-likeness (QED) is 0.828. The van der Waals surface area contributed by atoms with Crippen LogP contribution in [0.2, 0.25) is 0 Å². The highest BCUT2D eigenvalue weighted by Crippen LogP contribution is 2.30. The number of hydrogen-bond acceptors (Lipinski definition) is 1. The number of amides is 1. The molecule has 1 aromatic rings. The lowest BCUT2D eigenvalue weighted by Gasteiger charge is -2.15. The fourth-order valence-electron chi connectivity index (χ4n) is 1.30. The lowest BCUT2D eigenvalue weighted by Crippen LogP contribution is -2.26. The van der Waals surface area contributed by atoms with Crippen LogP contribution in [0.1, 0.15) is 17.9 Å². The van der Waals surface area contributed by atoms with E-state index in [0.29, 0.717) is 5.56 Å². The summed E-state index contributed by atoms with van der Waals surface area (Å²) in [5.41, 5.74) is 5.23. The average molecular weight is 217 g/mol. The SMILES string of the molecule is NC(=O)C(CC(F)(F)F)c1ccccc1. The van der Waals surface area contributed by atoms with Gasteiger partial charge in [0.2, 0.25) is 5.91 Å². The van der Waals surface area contributed by atoms with Crippen LogP contribution in [0.5, 0.6) is 0 Å². The number of primary amides is 1. The summed E-state index contributed by atoms with van der Waals surface area (Å²) >= 11 is 0. The Labute approximate surface area is 84.9 Å². The highest BCUT2D eigenvalue weighted by molar-refractivity contribution is 5.81. The van der Waals surface area contributed by atoms with Gasteiger partial charge in [-0.15, -0.1) is 0 Å². The highest BCUT2D eigenvalue weighted by Gasteiger charge is 2.35. The Morgan fingerprint density at radius 2 is 1.80 bits per heavy atom. The van der Waals surface area contributed by atoms with E-state index in [2.05, 4.69) is 0 Å². The molecule has 2 nitrogen and oxygen atoms in total. The van der Waals surface area contributed by atoms with E-state index in [-0.39, 0.29) is 0 Å². The maximum Gasteiger partial charge on any atom is 0.390 e. The lowest BCUT2D eigenvalue weighted by molar-refractivity contribution is -0.146. The molecule has 0 fully saturated rings. The van der Waals surface area contributed by atoms with E-state index in [9.17, 15) is 18.0 Å². The molecule has 0 aliphatic rings. The summed E-state index contributed by atoms with van der Waals surface area (Å²) in [6.07, 6.45) is -5.61. The van der Waals surface area contributed by atoms with E-state index in [4.69, 9.17) is 5.73 Å². The van der Waals surface area contributed by atoms with Crippen molar-refractivity contribution in [2.75, 3.05) is 0 Å². The molecule has 0 saturated carbocycles. The van der Waals surface area contributed by atoms with Crippen LogP contribution in [-0.4, -0.2) is 12.1 Å². The van der Waals surface area contributed by atoms with Crippen LogP contribution in [-0.2, 0) is 4.79 Å². The van der Waals surface area contributed by atoms with E-state index in [1.54, 1.807) is 18.2 Å². The molecule has 0 bridgehead atoms. The van der Waals surface area contributed by atoms with Gasteiger partial charge in [0, 0.05) is 0 Å². The molecule has 1 unspecified atom stereocenters. The van der Waals surface area contributed by atoms with Crippen molar-refractivity contribution in [1.29, 1.82) is 0 Å². The Morgan fingerprint density at radius 3 is 2.20 bits per heavy atom. The van der Waals surface area contributed by atoms with Crippen LogP contribution in [0.15, 0.2) is 30.3 Å². The Kier molecular flexibility index (Phi) is 3.34. The average Bonchev–Trinajstić information content (AvgIpc) is 2.14. The second-order valence-corrected chi connectivity index (χ2v) is 3.18. The summed E-state index contributed by atoms with van der Waals surface area (Å²) in [4.78, 5) is 10.9. The van der Waals surface area contributed by atoms with Gasteiger partial charge in [0.15, 0.2) is 0 Å². The molecule has 1 aromatic carbocycles. The van der Waals surface area contributed by atoms with Gasteiger partial charge in [-0.25, -0.2) is 0 Å². The maximum atomic E-state index is 12.1. The minimum Gasteiger partial charge on any atom is -0.369 e. The third kappa shape index (κ3) is 3.61. The van der Waals surface area contributed by atoms with Gasteiger partial charge in [0.1, 0.15) is 0 Å². The lowest BCUT2D eigenvalue weighted by atomic mass is 9.95. The predicted molar refractivity (Wildman–Crippen MR) is 49.0 cm³/mol. The maximum absolute atomic E-state index is 12.1. The molecule has 5 heteroatoms. The highest BCUT2D eigenvalue weighted by atomic mass is 19.4. The van der Waals surface area contributed by atoms with Gasteiger partial charge in [-0.3, -0.25) is 4.79 Å². The minimum absolute atomic E-state index is 0.294. The van der Waals surface area contributed by atoms with Crippen molar-refractivity contribution in [1.82, 2.24) is 0 Å². The molecular weight excluding hydrogens is 207 g/mol. The van der Waals surface area contributed by atoms with Crippen LogP contribution < -0.4 is 5.73 Å². The number of benzene rings is 1. The number of carbonyl (C=O) groups is 1. The smallest absolute Gasteiger partial charge is 0.369 e. The van der Waals surface area contributed by atoms with Crippen molar-refractivity contribution in [3.8, 4) is 0 Å². The summed E-state index contributed by atoms with van der Waals surface area (Å²) < 4.78 is 36.4. The van der Waals surface area contributed by atoms with Gasteiger partial charge in [-0.2, -0.15) is 13.2 Å². The first-order chi connectivity index (χ1) is 6.90. The van der Waals surface area contributed by atoms with Crippen LogP contribution in [0.25, 0.3) is 0 Å². The van der Waals surface area contributed by atoms with E-state index in [0.717, 1.165) is 0 Å². The van der Waals surface area contributed by atoms with Crippen molar-refractivity contribution < 1.29 is 18.0 Å². The zero-order valence-electron chi connectivity index (χ0n) is 7.79. The van der Waals surface area contributed by atoms with Gasteiger partial charge in [-0.05, 0) is 5.56 Å². The molecule has 0 spiro atoms. The number of halogens is 3. The van der Waals surface area contributed by atoms with E-state index in [1.165, 1.54) is 12.1 Å². The Bertz CT molecular complexity index is 334. The van der Waals surface area contributed by atoms with Gasteiger partial charge >= 0.3 is 6.18 Å². The summed E-state index contributed by atoms with van der Waals surface area (Å²) in [5, 5.41) is 0. The first-order valence-corrected chi connectivity index (χ1v) is 4.31. The van der Waals surface area contributed by atoms with Crippen molar-refractivity contribution in [3.63, 3.8) is 0 Å². The second-order valence-electron chi connectivity index (χ2n) is 3.18. The largest absolute Gasteiger partial charge is 0.390 e. The molecular formula is C10H10F3NO. The third-order valence-electron chi connectivity index (χ3n) is 1.98. The minimum atomic E-state index is -4.39. The third-order valence-corrected chi connectivity index (χ3v) is 1.98. The van der Waals surface area contributed by atoms with Crippen molar-refractivity contribution >= 4 is 5.91 Å². The van der Waals surface area contributed by atoms with Gasteiger partial charge in [-0.1, -0.05) is 30.3 Å². The monoisotopic (exact) mass is 217 g/mol. The van der Waals surface area contributed by atoms with Gasteiger partial charge < -0.3 is 5.73 Å². The summed E-state index contributed by atoms with van der Waals surface area (Å²) in [6.45, 7) is 0. The number of nitrogens with two attached hydrogens (primary N) is 1. The van der Waals surface area contributed by atoms with Gasteiger partial charge in [0.25, 0.3) is 0 Å². The zero-order valence-corrected chi connectivity index (χ0v) is 7.79. The molecule has 0 heterocycles. The second kappa shape index (κ2) is 4.33. The first kappa shape index (κ1) is 11.6. The molecule has 15 heavy (non-hydrogen) atoms. The standard InChI is InChI=1S/C10H10F3NO/c11-10(12,13)6-8(9(14)15)7-4-2-1-3-5-7/h1-5,8H,6H2,(H2,14,15). The Morgan fingerprint density at radius 1 is 1.27 bits per heavy atom. The van der Waals surface area contributed by atoms with Crippen LogP contribution in [0.4, 0.5) is 13.2 Å². The van der Waals surface area contributed by atoms with Crippen molar-refractivity contribution in [2.24, 2.45) is 5.73 Å². The fraction of sp³-hybridized carbons (Fsp3) is 0.300.